The van der Waals surface area contributed by atoms with Crippen molar-refractivity contribution in [1.82, 2.24) is 14.8 Å². The number of aryl methyl sites for hydroxylation is 1. The van der Waals surface area contributed by atoms with Crippen molar-refractivity contribution in [3.05, 3.63) is 36.4 Å². The van der Waals surface area contributed by atoms with E-state index < -0.39 is 0 Å². The van der Waals surface area contributed by atoms with E-state index in [2.05, 4.69) is 40.7 Å². The van der Waals surface area contributed by atoms with E-state index in [0.29, 0.717) is 6.54 Å². The molecular formula is C12H16N4S. The number of nitrogens with one attached hydrogen (secondary N) is 1. The van der Waals surface area contributed by atoms with Gasteiger partial charge in [-0.25, -0.2) is 9.67 Å². The quantitative estimate of drug-likeness (QED) is 0.826. The molecule has 0 aliphatic heterocycles. The summed E-state index contributed by atoms with van der Waals surface area (Å²) >= 11 is 1.74. The Morgan fingerprint density at radius 1 is 1.35 bits per heavy atom. The van der Waals surface area contributed by atoms with Gasteiger partial charge in [0.2, 0.25) is 0 Å². The Morgan fingerprint density at radius 2 is 2.18 bits per heavy atom. The van der Waals surface area contributed by atoms with E-state index in [-0.39, 0.29) is 0 Å². The largest absolute Gasteiger partial charge is 0.377 e. The summed E-state index contributed by atoms with van der Waals surface area (Å²) in [6.07, 6.45) is 3.68. The van der Waals surface area contributed by atoms with Gasteiger partial charge in [-0.1, -0.05) is 12.1 Å². The van der Waals surface area contributed by atoms with E-state index in [1.54, 1.807) is 18.1 Å². The zero-order valence-electron chi connectivity index (χ0n) is 10.1. The molecule has 17 heavy (non-hydrogen) atoms. The molecule has 1 N–H and O–H groups in total. The second kappa shape index (κ2) is 5.72. The lowest BCUT2D eigenvalue weighted by atomic mass is 10.3. The first kappa shape index (κ1) is 12.0. The minimum Gasteiger partial charge on any atom is -0.377 e. The lowest BCUT2D eigenvalue weighted by Crippen LogP contribution is -2.09. The summed E-state index contributed by atoms with van der Waals surface area (Å²) in [6, 6.07) is 8.27. The number of para-hydroxylation sites is 1. The van der Waals surface area contributed by atoms with Gasteiger partial charge in [-0.05, 0) is 25.3 Å². The summed E-state index contributed by atoms with van der Waals surface area (Å²) in [4.78, 5) is 5.49. The number of thioether (sulfide) groups is 1. The zero-order chi connectivity index (χ0) is 12.1. The Morgan fingerprint density at radius 3 is 2.94 bits per heavy atom. The SMILES string of the molecule is CCn1ncnc1CNc1ccccc1SC. The highest BCUT2D eigenvalue weighted by molar-refractivity contribution is 7.98. The Bertz CT molecular complexity index is 481. The Hall–Kier alpha value is -1.49. The van der Waals surface area contributed by atoms with Crippen LogP contribution in [0, 0.1) is 0 Å². The normalized spacial score (nSPS) is 10.5. The van der Waals surface area contributed by atoms with Crippen LogP contribution in [0.1, 0.15) is 12.7 Å². The van der Waals surface area contributed by atoms with Gasteiger partial charge in [0.25, 0.3) is 0 Å². The van der Waals surface area contributed by atoms with E-state index in [0.717, 1.165) is 18.1 Å². The lowest BCUT2D eigenvalue weighted by Gasteiger charge is -2.10. The van der Waals surface area contributed by atoms with Crippen molar-refractivity contribution in [3.8, 4) is 0 Å². The molecule has 90 valence electrons. The minimum atomic E-state index is 0.700. The predicted octanol–water partition coefficient (Wildman–Crippen LogP) is 2.63. The number of rotatable bonds is 5. The fraction of sp³-hybridized carbons (Fsp3) is 0.333. The molecule has 1 aromatic carbocycles. The maximum Gasteiger partial charge on any atom is 0.146 e. The smallest absolute Gasteiger partial charge is 0.146 e. The van der Waals surface area contributed by atoms with Crippen molar-refractivity contribution in [2.45, 2.75) is 24.9 Å². The molecule has 2 aromatic rings. The summed E-state index contributed by atoms with van der Waals surface area (Å²) in [6.45, 7) is 3.61. The third-order valence-electron chi connectivity index (χ3n) is 2.54. The van der Waals surface area contributed by atoms with Gasteiger partial charge < -0.3 is 5.32 Å². The van der Waals surface area contributed by atoms with Gasteiger partial charge in [0.1, 0.15) is 12.2 Å². The molecule has 0 amide bonds. The Kier molecular flexibility index (Phi) is 4.03. The summed E-state index contributed by atoms with van der Waals surface area (Å²) in [7, 11) is 0. The molecule has 0 unspecified atom stereocenters. The number of hydrogen-bond donors (Lipinski definition) is 1. The van der Waals surface area contributed by atoms with Gasteiger partial charge >= 0.3 is 0 Å². The third kappa shape index (κ3) is 2.79. The summed E-state index contributed by atoms with van der Waals surface area (Å²) in [5.41, 5.74) is 1.14. The summed E-state index contributed by atoms with van der Waals surface area (Å²) < 4.78 is 1.90. The molecule has 0 bridgehead atoms. The highest BCUT2D eigenvalue weighted by Crippen LogP contribution is 2.24. The molecule has 5 heteroatoms. The molecule has 4 nitrogen and oxygen atoms in total. The first-order chi connectivity index (χ1) is 8.35. The van der Waals surface area contributed by atoms with Crippen LogP contribution in [0.4, 0.5) is 5.69 Å². The lowest BCUT2D eigenvalue weighted by molar-refractivity contribution is 0.621. The minimum absolute atomic E-state index is 0.700. The van der Waals surface area contributed by atoms with Crippen molar-refractivity contribution >= 4 is 17.4 Å². The topological polar surface area (TPSA) is 42.7 Å². The number of hydrogen-bond acceptors (Lipinski definition) is 4. The van der Waals surface area contributed by atoms with Crippen LogP contribution < -0.4 is 5.32 Å². The molecule has 0 saturated heterocycles. The number of benzene rings is 1. The van der Waals surface area contributed by atoms with Crippen molar-refractivity contribution in [1.29, 1.82) is 0 Å². The van der Waals surface area contributed by atoms with Crippen LogP contribution in [0.3, 0.4) is 0 Å². The molecule has 1 aromatic heterocycles. The van der Waals surface area contributed by atoms with Gasteiger partial charge in [-0.3, -0.25) is 0 Å². The molecule has 0 atom stereocenters. The van der Waals surface area contributed by atoms with E-state index in [1.165, 1.54) is 4.90 Å². The van der Waals surface area contributed by atoms with Crippen molar-refractivity contribution in [2.75, 3.05) is 11.6 Å². The maximum absolute atomic E-state index is 4.24. The monoisotopic (exact) mass is 248 g/mol. The highest BCUT2D eigenvalue weighted by atomic mass is 32.2. The van der Waals surface area contributed by atoms with Crippen LogP contribution >= 0.6 is 11.8 Å². The van der Waals surface area contributed by atoms with Crippen LogP contribution in [0.25, 0.3) is 0 Å². The van der Waals surface area contributed by atoms with Crippen LogP contribution in [-0.4, -0.2) is 21.0 Å². The average Bonchev–Trinajstić information content (AvgIpc) is 2.84. The predicted molar refractivity (Wildman–Crippen MR) is 71.2 cm³/mol. The standard InChI is InChI=1S/C12H16N4S/c1-3-16-12(14-9-15-16)8-13-10-6-4-5-7-11(10)17-2/h4-7,9,13H,3,8H2,1-2H3. The Balaban J connectivity index is 2.07. The Labute approximate surface area is 105 Å². The first-order valence-corrected chi connectivity index (χ1v) is 6.81. The van der Waals surface area contributed by atoms with Gasteiger partial charge in [0.05, 0.1) is 6.54 Å². The van der Waals surface area contributed by atoms with Gasteiger partial charge in [-0.2, -0.15) is 5.10 Å². The van der Waals surface area contributed by atoms with Crippen LogP contribution in [0.2, 0.25) is 0 Å². The average molecular weight is 248 g/mol. The molecule has 0 radical (unpaired) electrons. The fourth-order valence-electron chi connectivity index (χ4n) is 1.65. The summed E-state index contributed by atoms with van der Waals surface area (Å²) in [5, 5.41) is 7.55. The van der Waals surface area contributed by atoms with E-state index in [1.807, 2.05) is 16.8 Å². The second-order valence-electron chi connectivity index (χ2n) is 3.55. The van der Waals surface area contributed by atoms with Crippen molar-refractivity contribution < 1.29 is 0 Å². The van der Waals surface area contributed by atoms with Gasteiger partial charge in [0.15, 0.2) is 0 Å². The van der Waals surface area contributed by atoms with E-state index >= 15 is 0 Å². The molecule has 0 aliphatic rings. The maximum atomic E-state index is 4.24. The van der Waals surface area contributed by atoms with Crippen LogP contribution in [-0.2, 0) is 13.1 Å². The molecule has 0 saturated carbocycles. The van der Waals surface area contributed by atoms with Crippen molar-refractivity contribution in [2.24, 2.45) is 0 Å². The molecule has 2 rings (SSSR count). The van der Waals surface area contributed by atoms with E-state index in [9.17, 15) is 0 Å². The fourth-order valence-corrected chi connectivity index (χ4v) is 2.23. The van der Waals surface area contributed by atoms with Gasteiger partial charge in [-0.15, -0.1) is 11.8 Å². The third-order valence-corrected chi connectivity index (χ3v) is 3.34. The number of nitrogens with zero attached hydrogens (tertiary/aromatic N) is 3. The molecule has 0 fully saturated rings. The zero-order valence-corrected chi connectivity index (χ0v) is 10.9. The van der Waals surface area contributed by atoms with E-state index in [4.69, 9.17) is 0 Å². The summed E-state index contributed by atoms with van der Waals surface area (Å²) in [5.74, 6) is 0.961. The highest BCUT2D eigenvalue weighted by Gasteiger charge is 2.04. The van der Waals surface area contributed by atoms with Crippen LogP contribution in [0.15, 0.2) is 35.5 Å². The second-order valence-corrected chi connectivity index (χ2v) is 4.39. The molecule has 0 aliphatic carbocycles. The van der Waals surface area contributed by atoms with Gasteiger partial charge in [0, 0.05) is 17.1 Å². The van der Waals surface area contributed by atoms with Crippen LogP contribution in [0.5, 0.6) is 0 Å². The number of aromatic nitrogens is 3. The molecule has 1 heterocycles. The molecule has 0 spiro atoms. The van der Waals surface area contributed by atoms with Crippen molar-refractivity contribution in [3.63, 3.8) is 0 Å². The molecular weight excluding hydrogens is 232 g/mol. The number of anilines is 1. The first-order valence-electron chi connectivity index (χ1n) is 5.58.